The summed E-state index contributed by atoms with van der Waals surface area (Å²) in [5, 5.41) is 0. The average Bonchev–Trinajstić information content (AvgIpc) is 2.96. The quantitative estimate of drug-likeness (QED) is 0.856. The Bertz CT molecular complexity index is 640. The van der Waals surface area contributed by atoms with Gasteiger partial charge < -0.3 is 9.80 Å². The van der Waals surface area contributed by atoms with E-state index in [0.717, 1.165) is 32.4 Å². The van der Waals surface area contributed by atoms with Gasteiger partial charge >= 0.3 is 0 Å². The Morgan fingerprint density at radius 3 is 2.75 bits per heavy atom. The predicted molar refractivity (Wildman–Crippen MR) is 94.3 cm³/mol. The van der Waals surface area contributed by atoms with Gasteiger partial charge in [0.2, 0.25) is 11.8 Å². The van der Waals surface area contributed by atoms with Crippen LogP contribution in [0.25, 0.3) is 0 Å². The highest BCUT2D eigenvalue weighted by atomic mass is 16.2. The smallest absolute Gasteiger partial charge is 0.230 e. The number of nitrogens with zero attached hydrogens (tertiary/aromatic N) is 2. The molecule has 3 rings (SSSR count). The van der Waals surface area contributed by atoms with Crippen LogP contribution in [0.4, 0.5) is 0 Å². The topological polar surface area (TPSA) is 40.6 Å². The molecular weight excluding hydrogens is 300 g/mol. The van der Waals surface area contributed by atoms with Crippen molar-refractivity contribution in [3.63, 3.8) is 0 Å². The van der Waals surface area contributed by atoms with E-state index >= 15 is 0 Å². The Hall–Kier alpha value is -1.84. The molecule has 0 aliphatic carbocycles. The highest BCUT2D eigenvalue weighted by molar-refractivity contribution is 5.86. The number of rotatable bonds is 3. The number of amides is 2. The Balaban J connectivity index is 1.72. The summed E-state index contributed by atoms with van der Waals surface area (Å²) in [5.41, 5.74) is 2.07. The second-order valence-corrected chi connectivity index (χ2v) is 7.76. The van der Waals surface area contributed by atoms with Gasteiger partial charge in [-0.15, -0.1) is 0 Å². The molecule has 4 heteroatoms. The summed E-state index contributed by atoms with van der Waals surface area (Å²) in [6.45, 7) is 8.77. The number of carbonyl (C=O) groups excluding carboxylic acids is 2. The molecule has 0 saturated carbocycles. The van der Waals surface area contributed by atoms with Crippen LogP contribution in [0.3, 0.4) is 0 Å². The van der Waals surface area contributed by atoms with E-state index in [1.807, 2.05) is 29.7 Å². The largest absolute Gasteiger partial charge is 0.341 e. The van der Waals surface area contributed by atoms with E-state index in [1.165, 1.54) is 11.1 Å². The van der Waals surface area contributed by atoms with Gasteiger partial charge in [-0.3, -0.25) is 9.59 Å². The second kappa shape index (κ2) is 6.58. The third-order valence-corrected chi connectivity index (χ3v) is 5.44. The normalized spacial score (nSPS) is 24.2. The molecule has 130 valence electrons. The zero-order chi connectivity index (χ0) is 17.3. The lowest BCUT2D eigenvalue weighted by Gasteiger charge is -2.39. The van der Waals surface area contributed by atoms with Gasteiger partial charge in [-0.2, -0.15) is 0 Å². The van der Waals surface area contributed by atoms with Crippen LogP contribution in [0.1, 0.15) is 44.2 Å². The first-order valence-corrected chi connectivity index (χ1v) is 9.05. The minimum atomic E-state index is -0.341. The molecule has 2 amide bonds. The number of carbonyl (C=O) groups is 2. The molecule has 2 aliphatic heterocycles. The summed E-state index contributed by atoms with van der Waals surface area (Å²) >= 11 is 0. The van der Waals surface area contributed by atoms with E-state index in [1.54, 1.807) is 0 Å². The van der Waals surface area contributed by atoms with Crippen LogP contribution in [0.2, 0.25) is 0 Å². The molecule has 1 aromatic carbocycles. The molecular formula is C20H28N2O2. The van der Waals surface area contributed by atoms with Gasteiger partial charge in [0.1, 0.15) is 0 Å². The van der Waals surface area contributed by atoms with E-state index in [4.69, 9.17) is 0 Å². The lowest BCUT2D eigenvalue weighted by molar-refractivity contribution is -0.147. The van der Waals surface area contributed by atoms with Gasteiger partial charge in [-0.1, -0.05) is 43.7 Å². The van der Waals surface area contributed by atoms with E-state index in [2.05, 4.69) is 25.1 Å². The van der Waals surface area contributed by atoms with E-state index in [9.17, 15) is 9.59 Å². The molecule has 4 nitrogen and oxygen atoms in total. The molecule has 0 aromatic heterocycles. The Kier molecular flexibility index (Phi) is 4.66. The monoisotopic (exact) mass is 328 g/mol. The van der Waals surface area contributed by atoms with Crippen molar-refractivity contribution in [2.24, 2.45) is 11.3 Å². The molecule has 1 aromatic rings. The first kappa shape index (κ1) is 17.0. The van der Waals surface area contributed by atoms with Crippen molar-refractivity contribution in [1.82, 2.24) is 9.80 Å². The fourth-order valence-electron chi connectivity index (χ4n) is 4.14. The fourth-order valence-corrected chi connectivity index (χ4v) is 4.14. The first-order chi connectivity index (χ1) is 11.4. The standard InChI is InChI=1S/C20H28N2O2/c1-15(2)18(23)22-11-9-20(14-22)8-5-10-21(19(20)24)13-17-7-4-6-16(3)12-17/h4,6-7,12,15H,5,8-11,13-14H2,1-3H3/t20-/m0/s1. The lowest BCUT2D eigenvalue weighted by Crippen LogP contribution is -2.50. The Morgan fingerprint density at radius 2 is 2.04 bits per heavy atom. The molecule has 0 radical (unpaired) electrons. The maximum absolute atomic E-state index is 13.2. The van der Waals surface area contributed by atoms with E-state index < -0.39 is 0 Å². The van der Waals surface area contributed by atoms with E-state index in [-0.39, 0.29) is 23.1 Å². The average molecular weight is 328 g/mol. The summed E-state index contributed by atoms with van der Waals surface area (Å²) in [6, 6.07) is 8.37. The van der Waals surface area contributed by atoms with Crippen LogP contribution >= 0.6 is 0 Å². The second-order valence-electron chi connectivity index (χ2n) is 7.76. The van der Waals surface area contributed by atoms with Crippen molar-refractivity contribution in [3.05, 3.63) is 35.4 Å². The third-order valence-electron chi connectivity index (χ3n) is 5.44. The van der Waals surface area contributed by atoms with Crippen LogP contribution in [-0.2, 0) is 16.1 Å². The van der Waals surface area contributed by atoms with Crippen LogP contribution in [0.15, 0.2) is 24.3 Å². The predicted octanol–water partition coefficient (Wildman–Crippen LogP) is 2.99. The number of hydrogen-bond donors (Lipinski definition) is 0. The highest BCUT2D eigenvalue weighted by Crippen LogP contribution is 2.40. The molecule has 0 unspecified atom stereocenters. The summed E-state index contributed by atoms with van der Waals surface area (Å²) in [5.74, 6) is 0.423. The summed E-state index contributed by atoms with van der Waals surface area (Å²) in [7, 11) is 0. The number of aryl methyl sites for hydroxylation is 1. The van der Waals surface area contributed by atoms with Crippen LogP contribution < -0.4 is 0 Å². The van der Waals surface area contributed by atoms with Gasteiger partial charge in [-0.05, 0) is 31.7 Å². The van der Waals surface area contributed by atoms with Gasteiger partial charge in [-0.25, -0.2) is 0 Å². The Labute approximate surface area is 144 Å². The SMILES string of the molecule is Cc1cccc(CN2CCC[C@@]3(CCN(C(=O)C(C)C)C3)C2=O)c1. The van der Waals surface area contributed by atoms with Crippen molar-refractivity contribution >= 4 is 11.8 Å². The fraction of sp³-hybridized carbons (Fsp3) is 0.600. The number of hydrogen-bond acceptors (Lipinski definition) is 2. The number of piperidine rings is 1. The van der Waals surface area contributed by atoms with E-state index in [0.29, 0.717) is 13.1 Å². The molecule has 1 spiro atoms. The molecule has 24 heavy (non-hydrogen) atoms. The van der Waals surface area contributed by atoms with Gasteiger partial charge in [0.05, 0.1) is 5.41 Å². The minimum Gasteiger partial charge on any atom is -0.341 e. The summed E-state index contributed by atoms with van der Waals surface area (Å²) < 4.78 is 0. The highest BCUT2D eigenvalue weighted by Gasteiger charge is 2.49. The van der Waals surface area contributed by atoms with Crippen molar-refractivity contribution < 1.29 is 9.59 Å². The van der Waals surface area contributed by atoms with Crippen LogP contribution in [-0.4, -0.2) is 41.2 Å². The number of benzene rings is 1. The molecule has 1 atom stereocenters. The van der Waals surface area contributed by atoms with Gasteiger partial charge in [0.25, 0.3) is 0 Å². The van der Waals surface area contributed by atoms with Crippen LogP contribution in [0.5, 0.6) is 0 Å². The minimum absolute atomic E-state index is 0.00207. The van der Waals surface area contributed by atoms with Gasteiger partial charge in [0, 0.05) is 32.1 Å². The molecule has 2 fully saturated rings. The zero-order valence-corrected chi connectivity index (χ0v) is 15.0. The van der Waals surface area contributed by atoms with Crippen molar-refractivity contribution in [3.8, 4) is 0 Å². The molecule has 2 heterocycles. The molecule has 2 saturated heterocycles. The zero-order valence-electron chi connectivity index (χ0n) is 15.0. The maximum Gasteiger partial charge on any atom is 0.230 e. The third kappa shape index (κ3) is 3.19. The van der Waals surface area contributed by atoms with Crippen molar-refractivity contribution in [1.29, 1.82) is 0 Å². The molecule has 0 N–H and O–H groups in total. The summed E-state index contributed by atoms with van der Waals surface area (Å²) in [6.07, 6.45) is 2.76. The Morgan fingerprint density at radius 1 is 1.25 bits per heavy atom. The van der Waals surface area contributed by atoms with Crippen molar-refractivity contribution in [2.75, 3.05) is 19.6 Å². The first-order valence-electron chi connectivity index (χ1n) is 9.05. The number of likely N-dealkylation sites (tertiary alicyclic amines) is 2. The van der Waals surface area contributed by atoms with Crippen molar-refractivity contribution in [2.45, 2.75) is 46.6 Å². The molecule has 0 bridgehead atoms. The summed E-state index contributed by atoms with van der Waals surface area (Å²) in [4.78, 5) is 29.4. The lowest BCUT2D eigenvalue weighted by atomic mass is 9.78. The molecule has 2 aliphatic rings. The maximum atomic E-state index is 13.2. The van der Waals surface area contributed by atoms with Crippen LogP contribution in [0, 0.1) is 18.3 Å². The van der Waals surface area contributed by atoms with Gasteiger partial charge in [0.15, 0.2) is 0 Å².